The van der Waals surface area contributed by atoms with Gasteiger partial charge in [0.2, 0.25) is 0 Å². The molecule has 0 aromatic heterocycles. The van der Waals surface area contributed by atoms with Crippen molar-refractivity contribution in [3.8, 4) is 0 Å². The van der Waals surface area contributed by atoms with Crippen LogP contribution in [0.3, 0.4) is 0 Å². The Balaban J connectivity index is 2.15. The molecule has 128 valence electrons. The fraction of sp³-hybridized carbons (Fsp3) is 0.125. The summed E-state index contributed by atoms with van der Waals surface area (Å²) in [5.41, 5.74) is 1.52. The Hall–Kier alpha value is -1.97. The van der Waals surface area contributed by atoms with Crippen LogP contribution in [-0.2, 0) is 14.4 Å². The van der Waals surface area contributed by atoms with Crippen molar-refractivity contribution in [1.82, 2.24) is 4.90 Å². The molecule has 25 heavy (non-hydrogen) atoms. The van der Waals surface area contributed by atoms with Crippen molar-refractivity contribution in [2.24, 2.45) is 0 Å². The third-order valence-corrected chi connectivity index (χ3v) is 5.60. The molecule has 2 heterocycles. The number of halogens is 1. The highest BCUT2D eigenvalue weighted by atomic mass is 79.9. The molecule has 2 aliphatic heterocycles. The number of carboxylic acid groups (broad SMARTS) is 1. The number of carbonyl (C=O) groups is 3. The predicted molar refractivity (Wildman–Crippen MR) is 103 cm³/mol. The van der Waals surface area contributed by atoms with E-state index in [-0.39, 0.29) is 20.7 Å². The van der Waals surface area contributed by atoms with Gasteiger partial charge < -0.3 is 10.0 Å². The van der Waals surface area contributed by atoms with Gasteiger partial charge in [-0.25, -0.2) is 0 Å². The molecule has 0 saturated carbocycles. The number of carbonyl (C=O) groups excluding carboxylic acids is 2. The second-order valence-electron chi connectivity index (χ2n) is 5.22. The zero-order chi connectivity index (χ0) is 18.3. The number of aliphatic carboxylic acids is 1. The quantitative estimate of drug-likeness (QED) is 0.442. The van der Waals surface area contributed by atoms with E-state index in [9.17, 15) is 14.4 Å². The fourth-order valence-electron chi connectivity index (χ4n) is 2.65. The Morgan fingerprint density at radius 3 is 2.68 bits per heavy atom. The highest BCUT2D eigenvalue weighted by Crippen LogP contribution is 2.45. The lowest BCUT2D eigenvalue weighted by Crippen LogP contribution is -2.33. The summed E-state index contributed by atoms with van der Waals surface area (Å²) >= 11 is 9.44. The number of rotatable bonds is 4. The minimum Gasteiger partial charge on any atom is -0.480 e. The van der Waals surface area contributed by atoms with E-state index in [1.807, 2.05) is 0 Å². The molecule has 1 aromatic rings. The summed E-state index contributed by atoms with van der Waals surface area (Å²) in [6.07, 6.45) is 1.60. The van der Waals surface area contributed by atoms with Crippen molar-refractivity contribution in [3.63, 3.8) is 0 Å². The highest BCUT2D eigenvalue weighted by molar-refractivity contribution is 9.10. The van der Waals surface area contributed by atoms with Gasteiger partial charge in [-0.05, 0) is 18.2 Å². The molecular weight excluding hydrogens is 428 g/mol. The van der Waals surface area contributed by atoms with E-state index in [2.05, 4.69) is 22.5 Å². The highest BCUT2D eigenvalue weighted by Gasteiger charge is 2.42. The first kappa shape index (κ1) is 17.8. The van der Waals surface area contributed by atoms with Crippen molar-refractivity contribution < 1.29 is 19.5 Å². The lowest BCUT2D eigenvalue weighted by atomic mass is 10.1. The van der Waals surface area contributed by atoms with E-state index in [1.165, 1.54) is 4.90 Å². The van der Waals surface area contributed by atoms with Gasteiger partial charge in [-0.15, -0.1) is 6.58 Å². The maximum atomic E-state index is 12.9. The van der Waals surface area contributed by atoms with Gasteiger partial charge in [0.1, 0.15) is 10.9 Å². The van der Waals surface area contributed by atoms with E-state index < -0.39 is 18.4 Å². The summed E-state index contributed by atoms with van der Waals surface area (Å²) < 4.78 is 0.888. The van der Waals surface area contributed by atoms with Crippen LogP contribution in [0.4, 0.5) is 5.69 Å². The zero-order valence-electron chi connectivity index (χ0n) is 12.7. The third kappa shape index (κ3) is 3.03. The molecule has 2 amide bonds. The predicted octanol–water partition coefficient (Wildman–Crippen LogP) is 2.64. The average molecular weight is 439 g/mol. The molecule has 6 nitrogen and oxygen atoms in total. The Kier molecular flexibility index (Phi) is 4.81. The molecule has 1 saturated heterocycles. The molecule has 1 N–H and O–H groups in total. The maximum absolute atomic E-state index is 12.9. The summed E-state index contributed by atoms with van der Waals surface area (Å²) in [6, 6.07) is 5.35. The Morgan fingerprint density at radius 1 is 1.32 bits per heavy atom. The molecule has 0 radical (unpaired) electrons. The SMILES string of the molecule is C=CCN1C(=O)/C(=C2\SC(=S)N(CC(=O)O)C2=O)c2cc(Br)ccc21. The van der Waals surface area contributed by atoms with Crippen LogP contribution in [0.2, 0.25) is 0 Å². The number of anilines is 1. The van der Waals surface area contributed by atoms with Crippen molar-refractivity contribution in [1.29, 1.82) is 0 Å². The lowest BCUT2D eigenvalue weighted by molar-refractivity contribution is -0.140. The first-order chi connectivity index (χ1) is 11.8. The monoisotopic (exact) mass is 438 g/mol. The van der Waals surface area contributed by atoms with Crippen molar-refractivity contribution in [2.75, 3.05) is 18.0 Å². The number of hydrogen-bond acceptors (Lipinski definition) is 5. The smallest absolute Gasteiger partial charge is 0.323 e. The number of fused-ring (bicyclic) bond motifs is 1. The number of hydrogen-bond donors (Lipinski definition) is 1. The molecule has 3 rings (SSSR count). The number of amides is 2. The molecule has 0 spiro atoms. The van der Waals surface area contributed by atoms with E-state index in [4.69, 9.17) is 17.3 Å². The topological polar surface area (TPSA) is 77.9 Å². The maximum Gasteiger partial charge on any atom is 0.323 e. The van der Waals surface area contributed by atoms with E-state index in [0.717, 1.165) is 21.1 Å². The number of thiocarbonyl (C=S) groups is 1. The fourth-order valence-corrected chi connectivity index (χ4v) is 4.34. The van der Waals surface area contributed by atoms with Gasteiger partial charge in [-0.1, -0.05) is 46.0 Å². The molecule has 9 heteroatoms. The molecule has 1 fully saturated rings. The van der Waals surface area contributed by atoms with Crippen molar-refractivity contribution >= 4 is 73.3 Å². The van der Waals surface area contributed by atoms with Crippen LogP contribution in [0.25, 0.3) is 5.57 Å². The number of nitrogens with zero attached hydrogens (tertiary/aromatic N) is 2. The summed E-state index contributed by atoms with van der Waals surface area (Å²) in [5.74, 6) is -2.06. The molecule has 1 aromatic carbocycles. The molecule has 0 aliphatic carbocycles. The van der Waals surface area contributed by atoms with Gasteiger partial charge in [0.05, 0.1) is 16.2 Å². The minimum absolute atomic E-state index is 0.126. The number of carboxylic acids is 1. The zero-order valence-corrected chi connectivity index (χ0v) is 15.9. The van der Waals surface area contributed by atoms with Gasteiger partial charge in [0.25, 0.3) is 11.8 Å². The second-order valence-corrected chi connectivity index (χ2v) is 7.78. The van der Waals surface area contributed by atoms with Crippen LogP contribution in [0.1, 0.15) is 5.56 Å². The molecular formula is C16H11BrN2O4S2. The molecule has 0 bridgehead atoms. The standard InChI is InChI=1S/C16H11BrN2O4S2/c1-2-5-18-10-4-3-8(17)6-9(10)12(14(18)22)13-15(23)19(7-11(20)21)16(24)25-13/h2-4,6H,1,5,7H2,(H,20,21)/b13-12-. The first-order valence-corrected chi connectivity index (χ1v) is 9.09. The lowest BCUT2D eigenvalue weighted by Gasteiger charge is -2.14. The van der Waals surface area contributed by atoms with E-state index in [0.29, 0.717) is 17.8 Å². The van der Waals surface area contributed by atoms with Gasteiger partial charge in [-0.2, -0.15) is 0 Å². The van der Waals surface area contributed by atoms with Crippen molar-refractivity contribution in [2.45, 2.75) is 0 Å². The summed E-state index contributed by atoms with van der Waals surface area (Å²) in [4.78, 5) is 39.1. The molecule has 0 atom stereocenters. The van der Waals surface area contributed by atoms with Gasteiger partial charge in [-0.3, -0.25) is 19.3 Å². The minimum atomic E-state index is -1.17. The van der Waals surface area contributed by atoms with Crippen molar-refractivity contribution in [3.05, 3.63) is 45.8 Å². The van der Waals surface area contributed by atoms with Crippen LogP contribution < -0.4 is 4.90 Å². The van der Waals surface area contributed by atoms with Crippen LogP contribution in [0, 0.1) is 0 Å². The van der Waals surface area contributed by atoms with Crippen LogP contribution in [0.5, 0.6) is 0 Å². The largest absolute Gasteiger partial charge is 0.480 e. The normalized spacial score (nSPS) is 19.6. The Labute approximate surface area is 161 Å². The third-order valence-electron chi connectivity index (χ3n) is 3.66. The summed E-state index contributed by atoms with van der Waals surface area (Å²) in [7, 11) is 0. The summed E-state index contributed by atoms with van der Waals surface area (Å²) in [6.45, 7) is 3.43. The summed E-state index contributed by atoms with van der Waals surface area (Å²) in [5, 5.41) is 8.95. The van der Waals surface area contributed by atoms with Crippen LogP contribution in [0.15, 0.2) is 40.2 Å². The number of benzene rings is 1. The Morgan fingerprint density at radius 2 is 2.04 bits per heavy atom. The van der Waals surface area contributed by atoms with Crippen LogP contribution >= 0.6 is 39.9 Å². The Bertz CT molecular complexity index is 881. The van der Waals surface area contributed by atoms with Gasteiger partial charge in [0.15, 0.2) is 0 Å². The second kappa shape index (κ2) is 6.74. The molecule has 2 aliphatic rings. The van der Waals surface area contributed by atoms with E-state index in [1.54, 1.807) is 24.3 Å². The molecule has 0 unspecified atom stereocenters. The number of thioether (sulfide) groups is 1. The van der Waals surface area contributed by atoms with E-state index >= 15 is 0 Å². The van der Waals surface area contributed by atoms with Gasteiger partial charge >= 0.3 is 5.97 Å². The van der Waals surface area contributed by atoms with Crippen LogP contribution in [-0.4, -0.2) is 45.2 Å². The first-order valence-electron chi connectivity index (χ1n) is 7.07. The average Bonchev–Trinajstić information content (AvgIpc) is 2.96. The van der Waals surface area contributed by atoms with Gasteiger partial charge in [0, 0.05) is 16.6 Å².